The van der Waals surface area contributed by atoms with Crippen LogP contribution in [-0.4, -0.2) is 36.0 Å². The zero-order valence-electron chi connectivity index (χ0n) is 10.8. The van der Waals surface area contributed by atoms with Crippen LogP contribution in [0.3, 0.4) is 0 Å². The number of thioether (sulfide) groups is 1. The van der Waals surface area contributed by atoms with Crippen LogP contribution in [0, 0.1) is 0 Å². The van der Waals surface area contributed by atoms with Crippen LogP contribution in [0.2, 0.25) is 0 Å². The molecule has 2 nitrogen and oxygen atoms in total. The SMILES string of the molecule is CSCC(C)N(C)C(c1cc(Br)cs1)C(C)N. The molecule has 17 heavy (non-hydrogen) atoms. The van der Waals surface area contributed by atoms with Crippen LogP contribution in [-0.2, 0) is 0 Å². The molecule has 1 rings (SSSR count). The standard InChI is InChI=1S/C12H21BrN2S2/c1-8(6-16-4)15(3)12(9(2)14)11-5-10(13)7-17-11/h5,7-9,12H,6,14H2,1-4H3. The first-order valence-electron chi connectivity index (χ1n) is 5.67. The van der Waals surface area contributed by atoms with E-state index in [-0.39, 0.29) is 6.04 Å². The van der Waals surface area contributed by atoms with Crippen LogP contribution in [0.25, 0.3) is 0 Å². The maximum Gasteiger partial charge on any atom is 0.0591 e. The molecular weight excluding hydrogens is 316 g/mol. The molecule has 0 aliphatic rings. The zero-order valence-corrected chi connectivity index (χ0v) is 14.0. The number of nitrogens with two attached hydrogens (primary N) is 1. The van der Waals surface area contributed by atoms with Gasteiger partial charge < -0.3 is 5.73 Å². The van der Waals surface area contributed by atoms with Gasteiger partial charge in [0.15, 0.2) is 0 Å². The first-order chi connectivity index (χ1) is 7.97. The van der Waals surface area contributed by atoms with Crippen molar-refractivity contribution >= 4 is 39.0 Å². The molecule has 0 aliphatic heterocycles. The van der Waals surface area contributed by atoms with E-state index in [1.54, 1.807) is 11.3 Å². The Kier molecular flexibility index (Phi) is 6.51. The Morgan fingerprint density at radius 1 is 1.53 bits per heavy atom. The highest BCUT2D eigenvalue weighted by molar-refractivity contribution is 9.10. The molecule has 0 amide bonds. The van der Waals surface area contributed by atoms with Crippen LogP contribution in [0.15, 0.2) is 15.9 Å². The van der Waals surface area contributed by atoms with Crippen LogP contribution < -0.4 is 5.73 Å². The molecule has 0 spiro atoms. The van der Waals surface area contributed by atoms with Gasteiger partial charge in [0, 0.05) is 32.6 Å². The second-order valence-corrected chi connectivity index (χ2v) is 7.21. The Balaban J connectivity index is 2.86. The number of hydrogen-bond acceptors (Lipinski definition) is 4. The summed E-state index contributed by atoms with van der Waals surface area (Å²) in [5.74, 6) is 1.13. The number of rotatable bonds is 6. The van der Waals surface area contributed by atoms with Crippen molar-refractivity contribution < 1.29 is 0 Å². The molecule has 1 heterocycles. The number of likely N-dealkylation sites (N-methyl/N-ethyl adjacent to an activating group) is 1. The highest BCUT2D eigenvalue weighted by Gasteiger charge is 2.25. The summed E-state index contributed by atoms with van der Waals surface area (Å²) in [5.41, 5.74) is 6.16. The van der Waals surface area contributed by atoms with E-state index in [1.807, 2.05) is 11.8 Å². The molecule has 0 saturated heterocycles. The van der Waals surface area contributed by atoms with Gasteiger partial charge in [0.2, 0.25) is 0 Å². The third-order valence-corrected chi connectivity index (χ3v) is 5.50. The molecule has 3 unspecified atom stereocenters. The molecule has 1 aromatic rings. The van der Waals surface area contributed by atoms with Crippen molar-refractivity contribution in [1.29, 1.82) is 0 Å². The van der Waals surface area contributed by atoms with Crippen molar-refractivity contribution in [2.45, 2.75) is 32.0 Å². The third kappa shape index (κ3) is 4.24. The van der Waals surface area contributed by atoms with Gasteiger partial charge in [-0.05, 0) is 49.1 Å². The fourth-order valence-corrected chi connectivity index (χ4v) is 4.38. The lowest BCUT2D eigenvalue weighted by atomic mass is 10.1. The molecule has 0 saturated carbocycles. The summed E-state index contributed by atoms with van der Waals surface area (Å²) in [7, 11) is 2.17. The highest BCUT2D eigenvalue weighted by atomic mass is 79.9. The van der Waals surface area contributed by atoms with Crippen molar-refractivity contribution in [3.8, 4) is 0 Å². The Labute approximate surface area is 121 Å². The lowest BCUT2D eigenvalue weighted by molar-refractivity contribution is 0.181. The van der Waals surface area contributed by atoms with Crippen molar-refractivity contribution in [3.05, 3.63) is 20.8 Å². The van der Waals surface area contributed by atoms with Gasteiger partial charge in [-0.25, -0.2) is 0 Å². The molecule has 0 bridgehead atoms. The summed E-state index contributed by atoms with van der Waals surface area (Å²) < 4.78 is 1.15. The van der Waals surface area contributed by atoms with Gasteiger partial charge in [-0.1, -0.05) is 0 Å². The fourth-order valence-electron chi connectivity index (χ4n) is 1.95. The van der Waals surface area contributed by atoms with E-state index in [2.05, 4.69) is 59.4 Å². The van der Waals surface area contributed by atoms with Gasteiger partial charge in [0.05, 0.1) is 6.04 Å². The van der Waals surface area contributed by atoms with Crippen molar-refractivity contribution in [1.82, 2.24) is 4.90 Å². The van der Waals surface area contributed by atoms with Crippen LogP contribution >= 0.6 is 39.0 Å². The van der Waals surface area contributed by atoms with Gasteiger partial charge in [-0.3, -0.25) is 4.90 Å². The van der Waals surface area contributed by atoms with Crippen LogP contribution in [0.5, 0.6) is 0 Å². The molecule has 1 aromatic heterocycles. The summed E-state index contributed by atoms with van der Waals surface area (Å²) in [5, 5.41) is 2.12. The van der Waals surface area contributed by atoms with Crippen molar-refractivity contribution in [2.75, 3.05) is 19.1 Å². The molecule has 2 N–H and O–H groups in total. The van der Waals surface area contributed by atoms with Crippen molar-refractivity contribution in [3.63, 3.8) is 0 Å². The van der Waals surface area contributed by atoms with E-state index in [4.69, 9.17) is 5.73 Å². The van der Waals surface area contributed by atoms with Crippen LogP contribution in [0.4, 0.5) is 0 Å². The fraction of sp³-hybridized carbons (Fsp3) is 0.667. The third-order valence-electron chi connectivity index (χ3n) is 2.92. The largest absolute Gasteiger partial charge is 0.326 e. The van der Waals surface area contributed by atoms with Gasteiger partial charge in [-0.15, -0.1) is 11.3 Å². The lowest BCUT2D eigenvalue weighted by Gasteiger charge is -2.34. The maximum absolute atomic E-state index is 6.16. The predicted molar refractivity (Wildman–Crippen MR) is 84.0 cm³/mol. The second-order valence-electron chi connectivity index (χ2n) is 4.44. The number of nitrogens with zero attached hydrogens (tertiary/aromatic N) is 1. The average Bonchev–Trinajstić information content (AvgIpc) is 2.64. The minimum absolute atomic E-state index is 0.134. The van der Waals surface area contributed by atoms with E-state index in [1.165, 1.54) is 4.88 Å². The van der Waals surface area contributed by atoms with E-state index < -0.39 is 0 Å². The molecular formula is C12H21BrN2S2. The van der Waals surface area contributed by atoms with Gasteiger partial charge in [0.1, 0.15) is 0 Å². The Morgan fingerprint density at radius 3 is 2.59 bits per heavy atom. The summed E-state index contributed by atoms with van der Waals surface area (Å²) >= 11 is 7.17. The Bertz CT molecular complexity index is 341. The molecule has 98 valence electrons. The average molecular weight is 337 g/mol. The topological polar surface area (TPSA) is 29.3 Å². The highest BCUT2D eigenvalue weighted by Crippen LogP contribution is 2.31. The van der Waals surface area contributed by atoms with E-state index >= 15 is 0 Å². The van der Waals surface area contributed by atoms with Gasteiger partial charge in [-0.2, -0.15) is 11.8 Å². The summed E-state index contributed by atoms with van der Waals surface area (Å²) in [6.45, 7) is 4.34. The zero-order chi connectivity index (χ0) is 13.0. The first-order valence-corrected chi connectivity index (χ1v) is 8.74. The van der Waals surface area contributed by atoms with Crippen LogP contribution in [0.1, 0.15) is 24.8 Å². The van der Waals surface area contributed by atoms with E-state index in [0.29, 0.717) is 12.1 Å². The molecule has 0 aliphatic carbocycles. The predicted octanol–water partition coefficient (Wildman–Crippen LogP) is 3.58. The second kappa shape index (κ2) is 7.14. The van der Waals surface area contributed by atoms with Crippen molar-refractivity contribution in [2.24, 2.45) is 5.73 Å². The molecule has 0 radical (unpaired) electrons. The summed E-state index contributed by atoms with van der Waals surface area (Å²) in [6, 6.07) is 3.14. The van der Waals surface area contributed by atoms with Gasteiger partial charge in [0.25, 0.3) is 0 Å². The smallest absolute Gasteiger partial charge is 0.0591 e. The number of hydrogen-bond donors (Lipinski definition) is 1. The minimum Gasteiger partial charge on any atom is -0.326 e. The molecule has 0 aromatic carbocycles. The maximum atomic E-state index is 6.16. The molecule has 5 heteroatoms. The summed E-state index contributed by atoms with van der Waals surface area (Å²) in [6.07, 6.45) is 2.15. The Morgan fingerprint density at radius 2 is 2.18 bits per heavy atom. The van der Waals surface area contributed by atoms with Gasteiger partial charge >= 0.3 is 0 Å². The number of halogens is 1. The monoisotopic (exact) mass is 336 g/mol. The number of thiophene rings is 1. The quantitative estimate of drug-likeness (QED) is 0.860. The molecule has 3 atom stereocenters. The first kappa shape index (κ1) is 15.5. The summed E-state index contributed by atoms with van der Waals surface area (Å²) in [4.78, 5) is 3.72. The van der Waals surface area contributed by atoms with E-state index in [0.717, 1.165) is 10.2 Å². The minimum atomic E-state index is 0.134. The lowest BCUT2D eigenvalue weighted by Crippen LogP contribution is -2.42. The normalized spacial score (nSPS) is 17.1. The van der Waals surface area contributed by atoms with E-state index in [9.17, 15) is 0 Å². The molecule has 0 fully saturated rings. The Hall–Kier alpha value is 0.450.